The molecule has 0 fully saturated rings. The molecular weight excluding hydrogens is 620 g/mol. The van der Waals surface area contributed by atoms with Crippen LogP contribution in [0.2, 0.25) is 5.15 Å². The molecule has 1 amide bonds. The van der Waals surface area contributed by atoms with E-state index in [4.69, 9.17) is 38.3 Å². The van der Waals surface area contributed by atoms with Gasteiger partial charge in [-0.05, 0) is 49.9 Å². The Kier molecular flexibility index (Phi) is 17.5. The van der Waals surface area contributed by atoms with E-state index in [0.717, 1.165) is 50.5 Å². The summed E-state index contributed by atoms with van der Waals surface area (Å²) in [6.45, 7) is 3.43. The lowest BCUT2D eigenvalue weighted by atomic mass is 10.0. The number of anilines is 2. The third-order valence-corrected chi connectivity index (χ3v) is 7.53. The van der Waals surface area contributed by atoms with E-state index < -0.39 is 36.9 Å². The van der Waals surface area contributed by atoms with Crippen molar-refractivity contribution in [3.63, 3.8) is 0 Å². The fourth-order valence-electron chi connectivity index (χ4n) is 4.53. The number of carbonyl (C=O) groups is 1. The maximum absolute atomic E-state index is 12.3. The zero-order valence-corrected chi connectivity index (χ0v) is 27.0. The standard InChI is InChI=1S/C30H49ClN8O7/c1-2-3-4-7-14-39(17-21(41)24(43)25(44)22(42)18-40)15-16-46-20-11-9-19(10-12-20)8-5-6-13-35-30(34)38-29(45)23-27(32)37-28(33)26(31)36-23/h9-12,21-22,24-25,40-44H,2-8,13-18H2,1H3,(H4,32,33,37)(H3,34,35,38,45)/t21-,22+,24+,25+/m0/s1. The number of hydrogen-bond donors (Lipinski definition) is 10. The number of nitrogen functional groups attached to an aromatic ring is 2. The molecule has 1 aromatic heterocycles. The number of nitrogens with two attached hydrogens (primary N) is 2. The summed E-state index contributed by atoms with van der Waals surface area (Å²) >= 11 is 5.80. The van der Waals surface area contributed by atoms with Crippen LogP contribution in [-0.2, 0) is 6.42 Å². The van der Waals surface area contributed by atoms with Gasteiger partial charge in [-0.3, -0.25) is 20.4 Å². The Hall–Kier alpha value is -3.31. The van der Waals surface area contributed by atoms with E-state index in [9.17, 15) is 25.2 Å². The van der Waals surface area contributed by atoms with Crippen LogP contribution in [-0.4, -0.2) is 116 Å². The zero-order valence-electron chi connectivity index (χ0n) is 26.2. The fraction of sp³-hybridized carbons (Fsp3) is 0.600. The van der Waals surface area contributed by atoms with Gasteiger partial charge in [0.1, 0.15) is 30.7 Å². The maximum atomic E-state index is 12.3. The number of hydrogen-bond acceptors (Lipinski definition) is 13. The molecule has 1 aromatic carbocycles. The highest BCUT2D eigenvalue weighted by Gasteiger charge is 2.31. The van der Waals surface area contributed by atoms with E-state index in [0.29, 0.717) is 32.0 Å². The van der Waals surface area contributed by atoms with Crippen LogP contribution in [0.25, 0.3) is 0 Å². The van der Waals surface area contributed by atoms with Crippen LogP contribution in [0.1, 0.15) is 61.5 Å². The lowest BCUT2D eigenvalue weighted by Crippen LogP contribution is -2.50. The third kappa shape index (κ3) is 13.6. The number of carbonyl (C=O) groups excluding carboxylic acids is 1. The number of halogens is 1. The average molecular weight is 669 g/mol. The molecule has 0 unspecified atom stereocenters. The Morgan fingerprint density at radius 3 is 2.35 bits per heavy atom. The highest BCUT2D eigenvalue weighted by molar-refractivity contribution is 6.31. The summed E-state index contributed by atoms with van der Waals surface area (Å²) in [6, 6.07) is 7.72. The first kappa shape index (κ1) is 38.9. The number of nitrogens with zero attached hydrogens (tertiary/aromatic N) is 3. The molecule has 1 heterocycles. The molecule has 12 N–H and O–H groups in total. The van der Waals surface area contributed by atoms with Crippen LogP contribution in [0.15, 0.2) is 24.3 Å². The summed E-state index contributed by atoms with van der Waals surface area (Å²) in [4.78, 5) is 21.8. The Labute approximate surface area is 274 Å². The van der Waals surface area contributed by atoms with Gasteiger partial charge in [0.15, 0.2) is 28.4 Å². The van der Waals surface area contributed by atoms with Crippen LogP contribution < -0.4 is 26.8 Å². The van der Waals surface area contributed by atoms with E-state index in [1.54, 1.807) is 0 Å². The van der Waals surface area contributed by atoms with Crippen molar-refractivity contribution in [3.8, 4) is 5.75 Å². The number of rotatable bonds is 21. The molecule has 0 aliphatic heterocycles. The van der Waals surface area contributed by atoms with E-state index in [1.807, 2.05) is 29.2 Å². The summed E-state index contributed by atoms with van der Waals surface area (Å²) < 4.78 is 5.91. The number of aromatic nitrogens is 2. The molecule has 16 heteroatoms. The molecule has 4 atom stereocenters. The van der Waals surface area contributed by atoms with Gasteiger partial charge in [0.05, 0.1) is 12.7 Å². The summed E-state index contributed by atoms with van der Waals surface area (Å²) in [6.07, 6.45) is 0.379. The number of amides is 1. The lowest BCUT2D eigenvalue weighted by molar-refractivity contribution is -0.119. The van der Waals surface area contributed by atoms with Gasteiger partial charge in [-0.2, -0.15) is 0 Å². The molecule has 0 bridgehead atoms. The van der Waals surface area contributed by atoms with E-state index in [1.165, 1.54) is 0 Å². The molecule has 0 spiro atoms. The van der Waals surface area contributed by atoms with E-state index >= 15 is 0 Å². The van der Waals surface area contributed by atoms with Crippen LogP contribution in [0.5, 0.6) is 5.75 Å². The largest absolute Gasteiger partial charge is 0.492 e. The van der Waals surface area contributed by atoms with Crippen molar-refractivity contribution in [1.82, 2.24) is 25.5 Å². The van der Waals surface area contributed by atoms with E-state index in [-0.39, 0.29) is 35.0 Å². The lowest BCUT2D eigenvalue weighted by Gasteiger charge is -2.30. The topological polar surface area (TPSA) is 256 Å². The minimum absolute atomic E-state index is 0.0757. The third-order valence-electron chi connectivity index (χ3n) is 7.25. The predicted molar refractivity (Wildman–Crippen MR) is 176 cm³/mol. The second-order valence-corrected chi connectivity index (χ2v) is 11.4. The minimum Gasteiger partial charge on any atom is -0.492 e. The Balaban J connectivity index is 1.73. The summed E-state index contributed by atoms with van der Waals surface area (Å²) in [5.74, 6) is -0.514. The van der Waals surface area contributed by atoms with Crippen LogP contribution in [0.4, 0.5) is 11.6 Å². The Morgan fingerprint density at radius 1 is 0.978 bits per heavy atom. The quantitative estimate of drug-likeness (QED) is 0.0487. The first-order chi connectivity index (χ1) is 22.0. The van der Waals surface area contributed by atoms with Crippen molar-refractivity contribution >= 4 is 35.1 Å². The van der Waals surface area contributed by atoms with Crippen LogP contribution in [0.3, 0.4) is 0 Å². The molecular formula is C30H49ClN8O7. The molecule has 15 nitrogen and oxygen atoms in total. The monoisotopic (exact) mass is 668 g/mol. The first-order valence-electron chi connectivity index (χ1n) is 15.5. The smallest absolute Gasteiger partial charge is 0.280 e. The Bertz CT molecular complexity index is 1210. The minimum atomic E-state index is -1.66. The molecule has 2 aromatic rings. The number of benzene rings is 1. The van der Waals surface area contributed by atoms with Crippen LogP contribution in [0, 0.1) is 5.41 Å². The normalized spacial score (nSPS) is 14.0. The number of aliphatic hydroxyl groups is 5. The van der Waals surface area contributed by atoms with Crippen molar-refractivity contribution in [2.45, 2.75) is 76.3 Å². The SMILES string of the molecule is CCCCCCN(CCOc1ccc(CCCCNC(=N)NC(=O)c2nc(Cl)c(N)nc2N)cc1)C[C@H](O)[C@@H](O)[C@H](O)[C@H](O)CO. The molecule has 2 rings (SSSR count). The fourth-order valence-corrected chi connectivity index (χ4v) is 4.66. The number of aryl methyl sites for hydroxylation is 1. The maximum Gasteiger partial charge on any atom is 0.280 e. The second-order valence-electron chi connectivity index (χ2n) is 11.0. The van der Waals surface area contributed by atoms with Gasteiger partial charge in [-0.15, -0.1) is 0 Å². The zero-order chi connectivity index (χ0) is 34.1. The number of ether oxygens (including phenoxy) is 1. The molecule has 46 heavy (non-hydrogen) atoms. The summed E-state index contributed by atoms with van der Waals surface area (Å²) in [5, 5.41) is 62.2. The van der Waals surface area contributed by atoms with Gasteiger partial charge in [-0.1, -0.05) is 49.9 Å². The summed E-state index contributed by atoms with van der Waals surface area (Å²) in [5.41, 5.74) is 12.1. The molecule has 258 valence electrons. The van der Waals surface area contributed by atoms with Gasteiger partial charge in [0, 0.05) is 19.6 Å². The van der Waals surface area contributed by atoms with Gasteiger partial charge >= 0.3 is 0 Å². The van der Waals surface area contributed by atoms with Crippen molar-refractivity contribution in [3.05, 3.63) is 40.7 Å². The Morgan fingerprint density at radius 2 is 1.67 bits per heavy atom. The molecule has 0 saturated heterocycles. The molecule has 0 radical (unpaired) electrons. The van der Waals surface area contributed by atoms with Gasteiger partial charge in [0.25, 0.3) is 5.91 Å². The number of unbranched alkanes of at least 4 members (excludes halogenated alkanes) is 4. The highest BCUT2D eigenvalue weighted by atomic mass is 35.5. The van der Waals surface area contributed by atoms with Crippen molar-refractivity contribution < 1.29 is 35.1 Å². The van der Waals surface area contributed by atoms with Crippen molar-refractivity contribution in [2.24, 2.45) is 0 Å². The first-order valence-corrected chi connectivity index (χ1v) is 15.8. The van der Waals surface area contributed by atoms with E-state index in [2.05, 4.69) is 27.5 Å². The van der Waals surface area contributed by atoms with Gasteiger partial charge < -0.3 is 47.1 Å². The predicted octanol–water partition coefficient (Wildman–Crippen LogP) is 0.268. The number of nitrogens with one attached hydrogen (secondary N) is 3. The van der Waals surface area contributed by atoms with Crippen molar-refractivity contribution in [1.29, 1.82) is 5.41 Å². The number of aliphatic hydroxyl groups excluding tert-OH is 5. The molecule has 0 aliphatic carbocycles. The van der Waals surface area contributed by atoms with Crippen molar-refractivity contribution in [2.75, 3.05) is 50.9 Å². The van der Waals surface area contributed by atoms with Gasteiger partial charge in [0.2, 0.25) is 0 Å². The highest BCUT2D eigenvalue weighted by Crippen LogP contribution is 2.17. The second kappa shape index (κ2) is 20.7. The van der Waals surface area contributed by atoms with Crippen LogP contribution >= 0.6 is 11.6 Å². The average Bonchev–Trinajstić information content (AvgIpc) is 3.03. The molecule has 0 saturated carbocycles. The summed E-state index contributed by atoms with van der Waals surface area (Å²) in [7, 11) is 0. The number of guanidine groups is 1. The van der Waals surface area contributed by atoms with Gasteiger partial charge in [-0.25, -0.2) is 9.97 Å². The molecule has 0 aliphatic rings.